The van der Waals surface area contributed by atoms with E-state index in [0.717, 1.165) is 15.8 Å². The van der Waals surface area contributed by atoms with Crippen molar-refractivity contribution in [2.24, 2.45) is 10.7 Å². The van der Waals surface area contributed by atoms with Crippen LogP contribution in [0.4, 0.5) is 36.4 Å². The molecule has 4 aromatic rings. The summed E-state index contributed by atoms with van der Waals surface area (Å²) in [6.07, 6.45) is -7.17. The third-order valence-electron chi connectivity index (χ3n) is 6.63. The number of carbonyl (C=O) groups is 2. The zero-order valence-corrected chi connectivity index (χ0v) is 27.7. The van der Waals surface area contributed by atoms with Crippen molar-refractivity contribution >= 4 is 23.5 Å². The van der Waals surface area contributed by atoms with Crippen molar-refractivity contribution < 1.29 is 60.0 Å². The number of anilines is 1. The normalized spacial score (nSPS) is 12.7. The van der Waals surface area contributed by atoms with Crippen molar-refractivity contribution in [3.63, 3.8) is 0 Å². The number of hydrogen-bond acceptors (Lipinski definition) is 12. The molecule has 0 fully saturated rings. The molecule has 0 spiro atoms. The van der Waals surface area contributed by atoms with E-state index in [1.807, 2.05) is 37.2 Å². The number of nitrogens with two attached hydrogens (primary N) is 1. The number of carboxylic acid groups (broad SMARTS) is 2. The third-order valence-corrected chi connectivity index (χ3v) is 6.63. The second-order valence-electron chi connectivity index (χ2n) is 10.7. The molecule has 6 N–H and O–H groups in total. The lowest BCUT2D eigenvalue weighted by atomic mass is 10.0. The first-order valence-electron chi connectivity index (χ1n) is 14.6. The largest absolute Gasteiger partial charge is 0.497 e. The number of fused-ring (bicyclic) bond motifs is 1. The van der Waals surface area contributed by atoms with Crippen molar-refractivity contribution in [2.75, 3.05) is 39.7 Å². The van der Waals surface area contributed by atoms with Gasteiger partial charge in [0, 0.05) is 41.8 Å². The summed E-state index contributed by atoms with van der Waals surface area (Å²) < 4.78 is 91.7. The SMILES string of the molecule is COc1cc(OCCN(C)C)c(F)c(C(Nc2ccc3c(c2)CN=C3N)c2nn(-c3ncccn3)c(=O)[nH]2)c1.O=C(O)C(F)(F)F.O=C(O)C(F)(F)F. The number of aromatic amines is 1. The Morgan fingerprint density at radius 1 is 1.06 bits per heavy atom. The number of carboxylic acids is 2. The number of rotatable bonds is 10. The fourth-order valence-corrected chi connectivity index (χ4v) is 4.15. The number of alkyl halides is 6. The Morgan fingerprint density at radius 2 is 1.66 bits per heavy atom. The van der Waals surface area contributed by atoms with Crippen molar-refractivity contribution in [3.8, 4) is 17.4 Å². The van der Waals surface area contributed by atoms with E-state index in [0.29, 0.717) is 30.4 Å². The average Bonchev–Trinajstić information content (AvgIpc) is 3.66. The molecule has 1 atom stereocenters. The Labute approximate surface area is 293 Å². The predicted octanol–water partition coefficient (Wildman–Crippen LogP) is 3.13. The van der Waals surface area contributed by atoms with Gasteiger partial charge in [0.05, 0.1) is 13.7 Å². The van der Waals surface area contributed by atoms with E-state index in [1.54, 1.807) is 6.07 Å². The molecular weight excluding hydrogens is 731 g/mol. The van der Waals surface area contributed by atoms with Crippen LogP contribution < -0.4 is 26.2 Å². The molecule has 0 bridgehead atoms. The molecule has 2 aromatic carbocycles. The zero-order chi connectivity index (χ0) is 39.7. The number of nitrogens with zero attached hydrogens (tertiary/aromatic N) is 6. The van der Waals surface area contributed by atoms with Gasteiger partial charge in [0.1, 0.15) is 24.2 Å². The van der Waals surface area contributed by atoms with Gasteiger partial charge < -0.3 is 35.6 Å². The summed E-state index contributed by atoms with van der Waals surface area (Å²) in [4.78, 5) is 47.8. The fourth-order valence-electron chi connectivity index (χ4n) is 4.15. The van der Waals surface area contributed by atoms with Crippen LogP contribution in [0.1, 0.15) is 28.6 Å². The minimum atomic E-state index is -5.08. The number of hydrogen-bond donors (Lipinski definition) is 5. The molecule has 0 radical (unpaired) electrons. The van der Waals surface area contributed by atoms with E-state index < -0.39 is 41.8 Å². The lowest BCUT2D eigenvalue weighted by Crippen LogP contribution is -2.21. The summed E-state index contributed by atoms with van der Waals surface area (Å²) in [5.41, 5.74) is 7.96. The maximum atomic E-state index is 16.0. The molecule has 53 heavy (non-hydrogen) atoms. The molecular formula is C30H30F7N9O7. The molecule has 1 aliphatic heterocycles. The molecule has 0 saturated heterocycles. The van der Waals surface area contributed by atoms with Crippen LogP contribution in [0, 0.1) is 5.82 Å². The first-order valence-corrected chi connectivity index (χ1v) is 14.6. The molecule has 5 rings (SSSR count). The molecule has 0 saturated carbocycles. The molecule has 2 aromatic heterocycles. The number of halogens is 7. The Morgan fingerprint density at radius 3 is 2.21 bits per heavy atom. The second-order valence-corrected chi connectivity index (χ2v) is 10.7. The van der Waals surface area contributed by atoms with Gasteiger partial charge >= 0.3 is 30.0 Å². The number of nitrogens with one attached hydrogen (secondary N) is 2. The standard InChI is InChI=1S/C26H28FN9O3.2C2HF3O2/c1-35(2)9-10-39-20-13-17(38-3)12-19(21(20)27)22(32-16-5-6-18-15(11-16)14-31-23(18)28)24-33-26(37)36(34-24)25-29-7-4-8-30-25;2*3-2(4,5)1(6)7/h4-8,11-13,22,32H,9-10,14H2,1-3H3,(H2,28,31)(H,33,34,37);2*(H,6,7). The number of aromatic nitrogens is 5. The van der Waals surface area contributed by atoms with Gasteiger partial charge in [-0.25, -0.2) is 28.7 Å². The smallest absolute Gasteiger partial charge is 0.490 e. The number of amidine groups is 1. The van der Waals surface area contributed by atoms with Crippen LogP contribution in [0.25, 0.3) is 5.95 Å². The summed E-state index contributed by atoms with van der Waals surface area (Å²) in [6, 6.07) is 9.23. The molecule has 286 valence electrons. The number of methoxy groups -OCH3 is 1. The molecule has 0 aliphatic carbocycles. The number of H-pyrrole nitrogens is 1. The molecule has 3 heterocycles. The van der Waals surface area contributed by atoms with Crippen molar-refractivity contribution in [1.82, 2.24) is 29.6 Å². The van der Waals surface area contributed by atoms with Crippen LogP contribution in [-0.2, 0) is 16.1 Å². The van der Waals surface area contributed by atoms with Gasteiger partial charge in [-0.1, -0.05) is 0 Å². The van der Waals surface area contributed by atoms with Crippen LogP contribution in [0.5, 0.6) is 11.5 Å². The van der Waals surface area contributed by atoms with Gasteiger partial charge in [-0.3, -0.25) is 9.98 Å². The molecule has 23 heteroatoms. The summed E-state index contributed by atoms with van der Waals surface area (Å²) in [5.74, 6) is -5.06. The number of aliphatic carboxylic acids is 2. The van der Waals surface area contributed by atoms with Crippen molar-refractivity contribution in [1.29, 1.82) is 0 Å². The maximum absolute atomic E-state index is 16.0. The quantitative estimate of drug-likeness (QED) is 0.147. The lowest BCUT2D eigenvalue weighted by molar-refractivity contribution is -0.193. The first kappa shape index (κ1) is 41.2. The van der Waals surface area contributed by atoms with E-state index in [4.69, 9.17) is 35.0 Å². The van der Waals surface area contributed by atoms with Crippen LogP contribution in [0.3, 0.4) is 0 Å². The van der Waals surface area contributed by atoms with Crippen LogP contribution in [0.2, 0.25) is 0 Å². The van der Waals surface area contributed by atoms with E-state index >= 15 is 4.39 Å². The number of likely N-dealkylation sites (N-methyl/N-ethyl adjacent to an activating group) is 1. The van der Waals surface area contributed by atoms with Gasteiger partial charge in [-0.15, -0.1) is 9.78 Å². The van der Waals surface area contributed by atoms with E-state index in [9.17, 15) is 31.1 Å². The number of ether oxygens (including phenoxy) is 2. The predicted molar refractivity (Wildman–Crippen MR) is 170 cm³/mol. The Hall–Kier alpha value is -6.26. The number of benzene rings is 2. The summed E-state index contributed by atoms with van der Waals surface area (Å²) in [6.45, 7) is 1.29. The Kier molecular flexibility index (Phi) is 13.4. The molecule has 16 nitrogen and oxygen atoms in total. The zero-order valence-electron chi connectivity index (χ0n) is 27.7. The summed E-state index contributed by atoms with van der Waals surface area (Å²) >= 11 is 0. The van der Waals surface area contributed by atoms with E-state index in [1.165, 1.54) is 31.6 Å². The minimum absolute atomic E-state index is 0.0151. The molecule has 1 unspecified atom stereocenters. The molecule has 0 amide bonds. The van der Waals surface area contributed by atoms with Crippen molar-refractivity contribution in [3.05, 3.63) is 87.6 Å². The van der Waals surface area contributed by atoms with Gasteiger partial charge in [0.2, 0.25) is 0 Å². The average molecular weight is 762 g/mol. The van der Waals surface area contributed by atoms with Gasteiger partial charge in [-0.2, -0.15) is 26.3 Å². The lowest BCUT2D eigenvalue weighted by Gasteiger charge is -2.21. The Bertz CT molecular complexity index is 1960. The fraction of sp³-hybridized carbons (Fsp3) is 0.300. The highest BCUT2D eigenvalue weighted by molar-refractivity contribution is 6.01. The topological polar surface area (TPSA) is 223 Å². The summed E-state index contributed by atoms with van der Waals surface area (Å²) in [5, 5.41) is 22.0. The second kappa shape index (κ2) is 17.3. The van der Waals surface area contributed by atoms with Gasteiger partial charge in [0.15, 0.2) is 17.4 Å². The monoisotopic (exact) mass is 761 g/mol. The van der Waals surface area contributed by atoms with Gasteiger partial charge in [0.25, 0.3) is 5.95 Å². The highest BCUT2D eigenvalue weighted by Gasteiger charge is 2.39. The van der Waals surface area contributed by atoms with Crippen molar-refractivity contribution in [2.45, 2.75) is 24.9 Å². The minimum Gasteiger partial charge on any atom is -0.497 e. The van der Waals surface area contributed by atoms with Crippen LogP contribution in [0.15, 0.2) is 58.6 Å². The summed E-state index contributed by atoms with van der Waals surface area (Å²) in [7, 11) is 5.28. The van der Waals surface area contributed by atoms with Crippen LogP contribution >= 0.6 is 0 Å². The Balaban J connectivity index is 0.000000458. The highest BCUT2D eigenvalue weighted by atomic mass is 19.4. The van der Waals surface area contributed by atoms with E-state index in [-0.39, 0.29) is 29.7 Å². The first-order chi connectivity index (χ1) is 24.7. The molecule has 1 aliphatic rings. The highest BCUT2D eigenvalue weighted by Crippen LogP contribution is 2.35. The number of aliphatic imine (C=N–C) groups is 1. The maximum Gasteiger partial charge on any atom is 0.490 e. The van der Waals surface area contributed by atoms with E-state index in [2.05, 4.69) is 30.4 Å². The van der Waals surface area contributed by atoms with Crippen LogP contribution in [-0.4, -0.2) is 104 Å². The van der Waals surface area contributed by atoms with Gasteiger partial charge in [-0.05, 0) is 50.0 Å². The third kappa shape index (κ3) is 11.4.